The Morgan fingerprint density at radius 3 is 2.65 bits per heavy atom. The van der Waals surface area contributed by atoms with Gasteiger partial charge < -0.3 is 5.84 Å². The Morgan fingerprint density at radius 1 is 1.29 bits per heavy atom. The summed E-state index contributed by atoms with van der Waals surface area (Å²) in [6.45, 7) is 2.08. The van der Waals surface area contributed by atoms with Crippen LogP contribution >= 0.6 is 33.2 Å². The molecule has 0 fully saturated rings. The number of aromatic nitrogens is 3. The Labute approximate surface area is 112 Å². The molecule has 7 heteroatoms. The summed E-state index contributed by atoms with van der Waals surface area (Å²) in [7, 11) is 3.20. The largest absolute Gasteiger partial charge is 0.335 e. The van der Waals surface area contributed by atoms with E-state index in [1.165, 1.54) is 15.5 Å². The molecule has 0 aliphatic heterocycles. The number of nitrogen functional groups attached to an aromatic ring is 1. The van der Waals surface area contributed by atoms with Crippen LogP contribution in [0.2, 0.25) is 5.02 Å². The van der Waals surface area contributed by atoms with Crippen LogP contribution in [-0.4, -0.2) is 20.6 Å². The van der Waals surface area contributed by atoms with E-state index in [9.17, 15) is 0 Å². The van der Waals surface area contributed by atoms with E-state index in [-0.39, 0.29) is 0 Å². The second-order valence-electron chi connectivity index (χ2n) is 3.17. The van der Waals surface area contributed by atoms with Crippen molar-refractivity contribution in [1.82, 2.24) is 14.9 Å². The van der Waals surface area contributed by atoms with Gasteiger partial charge in [-0.05, 0) is 35.1 Å². The van der Waals surface area contributed by atoms with Crippen LogP contribution < -0.4 is 5.84 Å². The highest BCUT2D eigenvalue weighted by Gasteiger charge is 2.11. The summed E-state index contributed by atoms with van der Waals surface area (Å²) in [5.74, 6) is 7.57. The van der Waals surface area contributed by atoms with Crippen molar-refractivity contribution >= 4 is 33.2 Å². The SMILES string of the molecule is CCSSc1nnc(-c2ccc(Cl)cc2)n1N. The third-order valence-corrected chi connectivity index (χ3v) is 4.56. The summed E-state index contributed by atoms with van der Waals surface area (Å²) in [6, 6.07) is 7.35. The fourth-order valence-electron chi connectivity index (χ4n) is 1.24. The van der Waals surface area contributed by atoms with E-state index in [0.717, 1.165) is 11.3 Å². The molecule has 1 aromatic carbocycles. The van der Waals surface area contributed by atoms with Gasteiger partial charge in [0.05, 0.1) is 0 Å². The van der Waals surface area contributed by atoms with Crippen molar-refractivity contribution in [3.8, 4) is 11.4 Å². The number of rotatable bonds is 4. The number of nitrogens with two attached hydrogens (primary N) is 1. The normalized spacial score (nSPS) is 10.7. The molecule has 17 heavy (non-hydrogen) atoms. The maximum atomic E-state index is 5.94. The highest BCUT2D eigenvalue weighted by atomic mass is 35.5. The van der Waals surface area contributed by atoms with Crippen molar-refractivity contribution in [1.29, 1.82) is 0 Å². The summed E-state index contributed by atoms with van der Waals surface area (Å²) in [6.07, 6.45) is 0. The standard InChI is InChI=1S/C10H11ClN4S2/c1-2-16-17-10-14-13-9(15(10)12)7-3-5-8(11)6-4-7/h3-6H,2,12H2,1H3. The maximum absolute atomic E-state index is 5.94. The summed E-state index contributed by atoms with van der Waals surface area (Å²) < 4.78 is 1.50. The van der Waals surface area contributed by atoms with Gasteiger partial charge in [0, 0.05) is 16.3 Å². The fourth-order valence-corrected chi connectivity index (χ4v) is 2.84. The monoisotopic (exact) mass is 286 g/mol. The lowest BCUT2D eigenvalue weighted by atomic mass is 10.2. The van der Waals surface area contributed by atoms with Gasteiger partial charge in [0.2, 0.25) is 5.16 Å². The van der Waals surface area contributed by atoms with Crippen LogP contribution in [0.15, 0.2) is 29.4 Å². The maximum Gasteiger partial charge on any atom is 0.220 e. The van der Waals surface area contributed by atoms with E-state index < -0.39 is 0 Å². The first-order valence-corrected chi connectivity index (χ1v) is 7.68. The van der Waals surface area contributed by atoms with Crippen molar-refractivity contribution in [2.75, 3.05) is 11.6 Å². The fraction of sp³-hybridized carbons (Fsp3) is 0.200. The third kappa shape index (κ3) is 2.88. The first kappa shape index (κ1) is 12.6. The molecule has 0 amide bonds. The van der Waals surface area contributed by atoms with Crippen LogP contribution in [0.5, 0.6) is 0 Å². The highest BCUT2D eigenvalue weighted by molar-refractivity contribution is 8.76. The van der Waals surface area contributed by atoms with Crippen LogP contribution in [0.4, 0.5) is 0 Å². The zero-order valence-electron chi connectivity index (χ0n) is 9.13. The zero-order valence-corrected chi connectivity index (χ0v) is 11.5. The van der Waals surface area contributed by atoms with Crippen molar-refractivity contribution in [2.24, 2.45) is 0 Å². The van der Waals surface area contributed by atoms with Crippen molar-refractivity contribution in [2.45, 2.75) is 12.1 Å². The van der Waals surface area contributed by atoms with Gasteiger partial charge in [0.15, 0.2) is 5.82 Å². The van der Waals surface area contributed by atoms with Gasteiger partial charge >= 0.3 is 0 Å². The summed E-state index contributed by atoms with van der Waals surface area (Å²) in [5.41, 5.74) is 0.901. The Bertz CT molecular complexity index is 498. The molecule has 0 aliphatic carbocycles. The molecule has 90 valence electrons. The van der Waals surface area contributed by atoms with Crippen LogP contribution in [0.3, 0.4) is 0 Å². The molecule has 4 nitrogen and oxygen atoms in total. The Hall–Kier alpha value is -0.850. The molecule has 0 unspecified atom stereocenters. The van der Waals surface area contributed by atoms with Gasteiger partial charge in [0.25, 0.3) is 0 Å². The van der Waals surface area contributed by atoms with Gasteiger partial charge in [-0.1, -0.05) is 29.3 Å². The molecule has 0 saturated heterocycles. The molecule has 1 heterocycles. The smallest absolute Gasteiger partial charge is 0.220 e. The summed E-state index contributed by atoms with van der Waals surface area (Å²) >= 11 is 5.83. The van der Waals surface area contributed by atoms with E-state index in [1.807, 2.05) is 12.1 Å². The number of halogens is 1. The topological polar surface area (TPSA) is 56.7 Å². The van der Waals surface area contributed by atoms with Crippen molar-refractivity contribution < 1.29 is 0 Å². The minimum atomic E-state index is 0.640. The first-order valence-electron chi connectivity index (χ1n) is 4.98. The van der Waals surface area contributed by atoms with Crippen LogP contribution in [0, 0.1) is 0 Å². The minimum Gasteiger partial charge on any atom is -0.335 e. The van der Waals surface area contributed by atoms with Gasteiger partial charge in [-0.15, -0.1) is 10.2 Å². The molecule has 0 aliphatic rings. The molecule has 2 rings (SSSR count). The molecule has 0 saturated carbocycles. The average molecular weight is 287 g/mol. The number of benzene rings is 1. The summed E-state index contributed by atoms with van der Waals surface area (Å²) in [4.78, 5) is 0. The van der Waals surface area contributed by atoms with E-state index in [4.69, 9.17) is 17.4 Å². The van der Waals surface area contributed by atoms with E-state index in [0.29, 0.717) is 16.0 Å². The Kier molecular flexibility index (Phi) is 4.20. The van der Waals surface area contributed by atoms with Gasteiger partial charge in [-0.25, -0.2) is 4.68 Å². The molecule has 0 atom stereocenters. The third-order valence-electron chi connectivity index (χ3n) is 2.02. The predicted molar refractivity (Wildman–Crippen MR) is 74.6 cm³/mol. The lowest BCUT2D eigenvalue weighted by Gasteiger charge is -2.02. The molecule has 0 radical (unpaired) electrons. The number of nitrogens with zero attached hydrogens (tertiary/aromatic N) is 3. The Morgan fingerprint density at radius 2 is 2.00 bits per heavy atom. The lowest BCUT2D eigenvalue weighted by Crippen LogP contribution is -2.11. The van der Waals surface area contributed by atoms with Crippen LogP contribution in [0.25, 0.3) is 11.4 Å². The predicted octanol–water partition coefficient (Wildman–Crippen LogP) is 3.07. The van der Waals surface area contributed by atoms with E-state index in [1.54, 1.807) is 22.9 Å². The minimum absolute atomic E-state index is 0.640. The molecule has 0 spiro atoms. The van der Waals surface area contributed by atoms with E-state index >= 15 is 0 Å². The summed E-state index contributed by atoms with van der Waals surface area (Å²) in [5, 5.41) is 9.51. The van der Waals surface area contributed by atoms with Crippen LogP contribution in [-0.2, 0) is 0 Å². The quantitative estimate of drug-likeness (QED) is 0.691. The Balaban J connectivity index is 2.27. The molecule has 2 aromatic rings. The van der Waals surface area contributed by atoms with Gasteiger partial charge in [-0.2, -0.15) is 0 Å². The average Bonchev–Trinajstić information content (AvgIpc) is 2.69. The molecule has 2 N–H and O–H groups in total. The lowest BCUT2D eigenvalue weighted by molar-refractivity contribution is 0.854. The van der Waals surface area contributed by atoms with Gasteiger partial charge in [0.1, 0.15) is 0 Å². The first-order chi connectivity index (χ1) is 8.22. The zero-order chi connectivity index (χ0) is 12.3. The number of hydrogen-bond donors (Lipinski definition) is 1. The van der Waals surface area contributed by atoms with Crippen molar-refractivity contribution in [3.63, 3.8) is 0 Å². The second kappa shape index (κ2) is 5.66. The molecule has 1 aromatic heterocycles. The second-order valence-corrected chi connectivity index (χ2v) is 6.16. The molecular weight excluding hydrogens is 276 g/mol. The van der Waals surface area contributed by atoms with Crippen LogP contribution in [0.1, 0.15) is 6.92 Å². The number of hydrogen-bond acceptors (Lipinski definition) is 5. The van der Waals surface area contributed by atoms with Crippen molar-refractivity contribution in [3.05, 3.63) is 29.3 Å². The highest BCUT2D eigenvalue weighted by Crippen LogP contribution is 2.30. The van der Waals surface area contributed by atoms with E-state index in [2.05, 4.69) is 17.1 Å². The molecular formula is C10H11ClN4S2. The molecule has 0 bridgehead atoms. The van der Waals surface area contributed by atoms with Gasteiger partial charge in [-0.3, -0.25) is 0 Å².